The van der Waals surface area contributed by atoms with Gasteiger partial charge in [0.15, 0.2) is 0 Å². The minimum atomic E-state index is 0.263. The molecule has 2 unspecified atom stereocenters. The van der Waals surface area contributed by atoms with Gasteiger partial charge in [0.2, 0.25) is 5.91 Å². The predicted molar refractivity (Wildman–Crippen MR) is 79.0 cm³/mol. The second-order valence-corrected chi connectivity index (χ2v) is 6.65. The van der Waals surface area contributed by atoms with E-state index in [1.165, 1.54) is 25.7 Å². The van der Waals surface area contributed by atoms with Gasteiger partial charge < -0.3 is 9.80 Å². The molecule has 0 saturated carbocycles. The van der Waals surface area contributed by atoms with Gasteiger partial charge >= 0.3 is 0 Å². The van der Waals surface area contributed by atoms with Crippen LogP contribution in [-0.4, -0.2) is 48.9 Å². The van der Waals surface area contributed by atoms with E-state index in [9.17, 15) is 4.79 Å². The molecule has 0 aromatic heterocycles. The van der Waals surface area contributed by atoms with Gasteiger partial charge in [-0.1, -0.05) is 20.3 Å². The molecule has 2 heterocycles. The van der Waals surface area contributed by atoms with Gasteiger partial charge in [0.25, 0.3) is 0 Å². The number of likely N-dealkylation sites (tertiary alicyclic amines) is 2. The maximum Gasteiger partial charge on any atom is 0.226 e. The van der Waals surface area contributed by atoms with E-state index in [1.807, 2.05) is 0 Å². The smallest absolute Gasteiger partial charge is 0.226 e. The molecule has 0 aromatic rings. The fourth-order valence-electron chi connectivity index (χ4n) is 3.65. The fraction of sp³-hybridized carbons (Fsp3) is 0.938. The first-order chi connectivity index (χ1) is 9.11. The Kier molecular flexibility index (Phi) is 5.26. The summed E-state index contributed by atoms with van der Waals surface area (Å²) in [6.45, 7) is 8.74. The number of amides is 1. The maximum absolute atomic E-state index is 12.5. The van der Waals surface area contributed by atoms with Gasteiger partial charge in [-0.05, 0) is 51.1 Å². The Hall–Kier alpha value is -0.570. The summed E-state index contributed by atoms with van der Waals surface area (Å²) in [5, 5.41) is 0. The molecule has 2 fully saturated rings. The molecule has 110 valence electrons. The standard InChI is InChI=1S/C16H30N2O/c1-4-13(2)14-7-10-18(11-8-14)16(19)15-6-5-9-17(3)12-15/h13-15H,4-12H2,1-3H3. The molecule has 0 radical (unpaired) electrons. The van der Waals surface area contributed by atoms with Crippen molar-refractivity contribution >= 4 is 5.91 Å². The predicted octanol–water partition coefficient (Wildman–Crippen LogP) is 2.61. The minimum Gasteiger partial charge on any atom is -0.342 e. The summed E-state index contributed by atoms with van der Waals surface area (Å²) in [5.74, 6) is 2.34. The van der Waals surface area contributed by atoms with Crippen LogP contribution in [0.4, 0.5) is 0 Å². The van der Waals surface area contributed by atoms with Crippen molar-refractivity contribution < 1.29 is 4.79 Å². The molecule has 19 heavy (non-hydrogen) atoms. The first kappa shape index (κ1) is 14.8. The Bertz CT molecular complexity index is 297. The zero-order valence-electron chi connectivity index (χ0n) is 12.9. The van der Waals surface area contributed by atoms with Gasteiger partial charge in [0, 0.05) is 19.6 Å². The molecule has 3 nitrogen and oxygen atoms in total. The van der Waals surface area contributed by atoms with Crippen molar-refractivity contribution in [3.63, 3.8) is 0 Å². The van der Waals surface area contributed by atoms with E-state index in [-0.39, 0.29) is 5.92 Å². The van der Waals surface area contributed by atoms with Crippen LogP contribution in [0.15, 0.2) is 0 Å². The Morgan fingerprint density at radius 3 is 2.47 bits per heavy atom. The highest BCUT2D eigenvalue weighted by molar-refractivity contribution is 5.79. The fourth-order valence-corrected chi connectivity index (χ4v) is 3.65. The van der Waals surface area contributed by atoms with Gasteiger partial charge in [-0.25, -0.2) is 0 Å². The van der Waals surface area contributed by atoms with Crippen LogP contribution in [0.3, 0.4) is 0 Å². The average molecular weight is 266 g/mol. The number of nitrogens with zero attached hydrogens (tertiary/aromatic N) is 2. The summed E-state index contributed by atoms with van der Waals surface area (Å²) in [4.78, 5) is 17.0. The second kappa shape index (κ2) is 6.74. The van der Waals surface area contributed by atoms with Crippen molar-refractivity contribution in [3.05, 3.63) is 0 Å². The minimum absolute atomic E-state index is 0.263. The molecule has 0 N–H and O–H groups in total. The Morgan fingerprint density at radius 1 is 1.21 bits per heavy atom. The topological polar surface area (TPSA) is 23.6 Å². The van der Waals surface area contributed by atoms with Crippen molar-refractivity contribution in [1.29, 1.82) is 0 Å². The third-order valence-electron chi connectivity index (χ3n) is 5.27. The summed E-state index contributed by atoms with van der Waals surface area (Å²) in [7, 11) is 2.13. The molecule has 3 heteroatoms. The number of hydrogen-bond acceptors (Lipinski definition) is 2. The SMILES string of the molecule is CCC(C)C1CCN(C(=O)C2CCCN(C)C2)CC1. The molecule has 0 spiro atoms. The van der Waals surface area contributed by atoms with Crippen LogP contribution in [0.5, 0.6) is 0 Å². The Morgan fingerprint density at radius 2 is 1.89 bits per heavy atom. The lowest BCUT2D eigenvalue weighted by molar-refractivity contribution is -0.138. The largest absolute Gasteiger partial charge is 0.342 e. The lowest BCUT2D eigenvalue weighted by Gasteiger charge is -2.38. The van der Waals surface area contributed by atoms with Gasteiger partial charge in [-0.15, -0.1) is 0 Å². The lowest BCUT2D eigenvalue weighted by Crippen LogP contribution is -2.46. The van der Waals surface area contributed by atoms with E-state index in [2.05, 4.69) is 30.7 Å². The van der Waals surface area contributed by atoms with Crippen LogP contribution in [-0.2, 0) is 4.79 Å². The summed E-state index contributed by atoms with van der Waals surface area (Å²) >= 11 is 0. The molecular weight excluding hydrogens is 236 g/mol. The Balaban J connectivity index is 1.82. The first-order valence-electron chi connectivity index (χ1n) is 8.09. The normalized spacial score (nSPS) is 28.4. The third kappa shape index (κ3) is 3.71. The van der Waals surface area contributed by atoms with Crippen LogP contribution in [0.25, 0.3) is 0 Å². The highest BCUT2D eigenvalue weighted by Crippen LogP contribution is 2.28. The molecular formula is C16H30N2O. The molecule has 0 aliphatic carbocycles. The number of piperidine rings is 2. The highest BCUT2D eigenvalue weighted by atomic mass is 16.2. The summed E-state index contributed by atoms with van der Waals surface area (Å²) in [6, 6.07) is 0. The summed E-state index contributed by atoms with van der Waals surface area (Å²) in [6.07, 6.45) is 5.96. The zero-order chi connectivity index (χ0) is 13.8. The number of carbonyl (C=O) groups is 1. The Labute approximate surface area is 118 Å². The van der Waals surface area contributed by atoms with Crippen LogP contribution < -0.4 is 0 Å². The molecule has 2 rings (SSSR count). The van der Waals surface area contributed by atoms with Gasteiger partial charge in [-0.3, -0.25) is 4.79 Å². The van der Waals surface area contributed by atoms with Crippen LogP contribution in [0.2, 0.25) is 0 Å². The van der Waals surface area contributed by atoms with Gasteiger partial charge in [-0.2, -0.15) is 0 Å². The number of carbonyl (C=O) groups excluding carboxylic acids is 1. The second-order valence-electron chi connectivity index (χ2n) is 6.65. The van der Waals surface area contributed by atoms with Crippen LogP contribution in [0.1, 0.15) is 46.0 Å². The quantitative estimate of drug-likeness (QED) is 0.784. The third-order valence-corrected chi connectivity index (χ3v) is 5.27. The lowest BCUT2D eigenvalue weighted by atomic mass is 9.83. The van der Waals surface area contributed by atoms with Crippen molar-refractivity contribution in [2.24, 2.45) is 17.8 Å². The van der Waals surface area contributed by atoms with Gasteiger partial charge in [0.1, 0.15) is 0 Å². The van der Waals surface area contributed by atoms with Crippen molar-refractivity contribution in [3.8, 4) is 0 Å². The summed E-state index contributed by atoms with van der Waals surface area (Å²) < 4.78 is 0. The molecule has 2 aliphatic rings. The zero-order valence-corrected chi connectivity index (χ0v) is 12.9. The highest BCUT2D eigenvalue weighted by Gasteiger charge is 2.31. The van der Waals surface area contributed by atoms with E-state index >= 15 is 0 Å². The van der Waals surface area contributed by atoms with E-state index < -0.39 is 0 Å². The van der Waals surface area contributed by atoms with E-state index in [4.69, 9.17) is 0 Å². The van der Waals surface area contributed by atoms with Crippen LogP contribution >= 0.6 is 0 Å². The number of rotatable bonds is 3. The van der Waals surface area contributed by atoms with E-state index in [0.29, 0.717) is 5.91 Å². The molecule has 1 amide bonds. The molecule has 2 aliphatic heterocycles. The van der Waals surface area contributed by atoms with Crippen molar-refractivity contribution in [1.82, 2.24) is 9.80 Å². The van der Waals surface area contributed by atoms with E-state index in [1.54, 1.807) is 0 Å². The van der Waals surface area contributed by atoms with E-state index in [0.717, 1.165) is 44.4 Å². The maximum atomic E-state index is 12.5. The number of hydrogen-bond donors (Lipinski definition) is 0. The van der Waals surface area contributed by atoms with Gasteiger partial charge in [0.05, 0.1) is 5.92 Å². The van der Waals surface area contributed by atoms with Crippen molar-refractivity contribution in [2.75, 3.05) is 33.2 Å². The summed E-state index contributed by atoms with van der Waals surface area (Å²) in [5.41, 5.74) is 0. The molecule has 0 bridgehead atoms. The first-order valence-corrected chi connectivity index (χ1v) is 8.09. The monoisotopic (exact) mass is 266 g/mol. The average Bonchev–Trinajstić information content (AvgIpc) is 2.46. The van der Waals surface area contributed by atoms with Crippen molar-refractivity contribution in [2.45, 2.75) is 46.0 Å². The molecule has 0 aromatic carbocycles. The molecule has 2 saturated heterocycles. The van der Waals surface area contributed by atoms with Crippen LogP contribution in [0, 0.1) is 17.8 Å². The molecule has 2 atom stereocenters.